The minimum absolute atomic E-state index is 0.100. The summed E-state index contributed by atoms with van der Waals surface area (Å²) >= 11 is 0. The van der Waals surface area contributed by atoms with Crippen LogP contribution in [0.1, 0.15) is 23.2 Å². The van der Waals surface area contributed by atoms with E-state index in [0.29, 0.717) is 5.69 Å². The molecule has 0 unspecified atom stereocenters. The summed E-state index contributed by atoms with van der Waals surface area (Å²) in [7, 11) is 0. The highest BCUT2D eigenvalue weighted by Crippen LogP contribution is 2.42. The first kappa shape index (κ1) is 12.5. The van der Waals surface area contributed by atoms with E-state index in [1.807, 2.05) is 0 Å². The minimum atomic E-state index is -2.73. The first-order valence-electron chi connectivity index (χ1n) is 5.39. The van der Waals surface area contributed by atoms with Crippen LogP contribution in [0.3, 0.4) is 0 Å². The van der Waals surface area contributed by atoms with Crippen LogP contribution in [-0.2, 0) is 4.79 Å². The van der Waals surface area contributed by atoms with Crippen molar-refractivity contribution in [3.8, 4) is 0 Å². The standard InChI is InChI=1S/C12H11F2NO3/c13-12(14)5-8(6-12)10(16)15-9-3-1-7(2-4-9)11(17)18/h1-4,8H,5-6H2,(H,15,16)(H,17,18). The molecule has 0 aliphatic heterocycles. The van der Waals surface area contributed by atoms with Gasteiger partial charge in [-0.15, -0.1) is 0 Å². The molecule has 96 valence electrons. The van der Waals surface area contributed by atoms with Crippen molar-refractivity contribution in [1.82, 2.24) is 0 Å². The molecule has 2 rings (SSSR count). The van der Waals surface area contributed by atoms with Gasteiger partial charge in [0.05, 0.1) is 5.56 Å². The number of rotatable bonds is 3. The van der Waals surface area contributed by atoms with Crippen molar-refractivity contribution in [2.75, 3.05) is 5.32 Å². The smallest absolute Gasteiger partial charge is 0.335 e. The van der Waals surface area contributed by atoms with Gasteiger partial charge in [0.1, 0.15) is 0 Å². The van der Waals surface area contributed by atoms with Crippen molar-refractivity contribution in [3.05, 3.63) is 29.8 Å². The molecular formula is C12H11F2NO3. The van der Waals surface area contributed by atoms with E-state index in [-0.39, 0.29) is 5.56 Å². The maximum Gasteiger partial charge on any atom is 0.335 e. The molecule has 0 atom stereocenters. The molecule has 1 saturated carbocycles. The predicted octanol–water partition coefficient (Wildman–Crippen LogP) is 2.37. The molecule has 1 aromatic rings. The van der Waals surface area contributed by atoms with E-state index in [9.17, 15) is 18.4 Å². The fourth-order valence-corrected chi connectivity index (χ4v) is 1.79. The second kappa shape index (κ2) is 4.36. The summed E-state index contributed by atoms with van der Waals surface area (Å²) in [4.78, 5) is 22.1. The maximum atomic E-state index is 12.6. The molecule has 0 heterocycles. The number of anilines is 1. The third-order valence-corrected chi connectivity index (χ3v) is 2.86. The number of hydrogen-bond donors (Lipinski definition) is 2. The number of hydrogen-bond acceptors (Lipinski definition) is 2. The number of benzene rings is 1. The van der Waals surface area contributed by atoms with Crippen LogP contribution in [-0.4, -0.2) is 22.9 Å². The van der Waals surface area contributed by atoms with Gasteiger partial charge in [0.2, 0.25) is 11.8 Å². The normalized spacial score (nSPS) is 17.9. The van der Waals surface area contributed by atoms with Crippen LogP contribution >= 0.6 is 0 Å². The zero-order valence-corrected chi connectivity index (χ0v) is 9.32. The Bertz CT molecular complexity index is 477. The topological polar surface area (TPSA) is 66.4 Å². The SMILES string of the molecule is O=C(O)c1ccc(NC(=O)C2CC(F)(F)C2)cc1. The van der Waals surface area contributed by atoms with E-state index >= 15 is 0 Å². The summed E-state index contributed by atoms with van der Waals surface area (Å²) < 4.78 is 25.2. The summed E-state index contributed by atoms with van der Waals surface area (Å²) in [6, 6.07) is 5.54. The number of halogens is 2. The molecule has 0 saturated heterocycles. The van der Waals surface area contributed by atoms with Crippen LogP contribution in [0, 0.1) is 5.92 Å². The van der Waals surface area contributed by atoms with E-state index in [0.717, 1.165) is 0 Å². The second-order valence-electron chi connectivity index (χ2n) is 4.33. The van der Waals surface area contributed by atoms with Crippen LogP contribution in [0.25, 0.3) is 0 Å². The lowest BCUT2D eigenvalue weighted by Crippen LogP contribution is -2.42. The summed E-state index contributed by atoms with van der Waals surface area (Å²) in [5.41, 5.74) is 0.503. The van der Waals surface area contributed by atoms with E-state index in [1.165, 1.54) is 24.3 Å². The Hall–Kier alpha value is -1.98. The summed E-state index contributed by atoms with van der Waals surface area (Å²) in [5.74, 6) is -4.91. The number of carboxylic acids is 1. The van der Waals surface area contributed by atoms with Gasteiger partial charge in [0.15, 0.2) is 0 Å². The van der Waals surface area contributed by atoms with Crippen molar-refractivity contribution < 1.29 is 23.5 Å². The van der Waals surface area contributed by atoms with Gasteiger partial charge in [0.25, 0.3) is 0 Å². The van der Waals surface area contributed by atoms with Gasteiger partial charge in [0, 0.05) is 24.4 Å². The Kier molecular flexibility index (Phi) is 3.02. The highest BCUT2D eigenvalue weighted by atomic mass is 19.3. The van der Waals surface area contributed by atoms with Gasteiger partial charge in [-0.2, -0.15) is 0 Å². The average Bonchev–Trinajstić information content (AvgIpc) is 2.26. The van der Waals surface area contributed by atoms with Gasteiger partial charge < -0.3 is 10.4 Å². The molecule has 0 bridgehead atoms. The summed E-state index contributed by atoms with van der Waals surface area (Å²) in [6.07, 6.45) is -0.849. The molecule has 6 heteroatoms. The lowest BCUT2D eigenvalue weighted by Gasteiger charge is -2.33. The monoisotopic (exact) mass is 255 g/mol. The molecule has 2 N–H and O–H groups in total. The molecule has 1 aliphatic rings. The largest absolute Gasteiger partial charge is 0.478 e. The first-order valence-corrected chi connectivity index (χ1v) is 5.39. The zero-order valence-electron chi connectivity index (χ0n) is 9.32. The molecule has 1 fully saturated rings. The Labute approximate surface area is 102 Å². The average molecular weight is 255 g/mol. The summed E-state index contributed by atoms with van der Waals surface area (Å²) in [5, 5.41) is 11.2. The van der Waals surface area contributed by atoms with Gasteiger partial charge in [-0.3, -0.25) is 4.79 Å². The molecule has 1 amide bonds. The Morgan fingerprint density at radius 3 is 2.22 bits per heavy atom. The Morgan fingerprint density at radius 2 is 1.78 bits per heavy atom. The molecule has 1 aliphatic carbocycles. The quantitative estimate of drug-likeness (QED) is 0.871. The Balaban J connectivity index is 1.94. The van der Waals surface area contributed by atoms with E-state index in [2.05, 4.69) is 5.32 Å². The number of carbonyl (C=O) groups excluding carboxylic acids is 1. The molecule has 1 aromatic carbocycles. The van der Waals surface area contributed by atoms with Crippen LogP contribution in [0.4, 0.5) is 14.5 Å². The molecule has 18 heavy (non-hydrogen) atoms. The van der Waals surface area contributed by atoms with Crippen molar-refractivity contribution in [2.45, 2.75) is 18.8 Å². The minimum Gasteiger partial charge on any atom is -0.478 e. The lowest BCUT2D eigenvalue weighted by atomic mass is 9.81. The van der Waals surface area contributed by atoms with E-state index in [4.69, 9.17) is 5.11 Å². The van der Waals surface area contributed by atoms with Crippen molar-refractivity contribution in [1.29, 1.82) is 0 Å². The van der Waals surface area contributed by atoms with Crippen molar-refractivity contribution in [2.24, 2.45) is 5.92 Å². The predicted molar refractivity (Wildman–Crippen MR) is 59.7 cm³/mol. The zero-order chi connectivity index (χ0) is 13.3. The van der Waals surface area contributed by atoms with Gasteiger partial charge >= 0.3 is 5.97 Å². The van der Waals surface area contributed by atoms with Crippen LogP contribution < -0.4 is 5.32 Å². The number of carbonyl (C=O) groups is 2. The maximum absolute atomic E-state index is 12.6. The van der Waals surface area contributed by atoms with Gasteiger partial charge in [-0.25, -0.2) is 13.6 Å². The second-order valence-corrected chi connectivity index (χ2v) is 4.33. The Morgan fingerprint density at radius 1 is 1.22 bits per heavy atom. The van der Waals surface area contributed by atoms with Gasteiger partial charge in [-0.1, -0.05) is 0 Å². The van der Waals surface area contributed by atoms with Crippen molar-refractivity contribution in [3.63, 3.8) is 0 Å². The number of nitrogens with one attached hydrogen (secondary N) is 1. The third-order valence-electron chi connectivity index (χ3n) is 2.86. The molecule has 4 nitrogen and oxygen atoms in total. The number of alkyl halides is 2. The third kappa shape index (κ3) is 2.64. The van der Waals surface area contributed by atoms with Crippen LogP contribution in [0.15, 0.2) is 24.3 Å². The highest BCUT2D eigenvalue weighted by Gasteiger charge is 2.48. The number of carboxylic acid groups (broad SMARTS) is 1. The fraction of sp³-hybridized carbons (Fsp3) is 0.333. The van der Waals surface area contributed by atoms with Crippen molar-refractivity contribution >= 4 is 17.6 Å². The van der Waals surface area contributed by atoms with E-state index in [1.54, 1.807) is 0 Å². The highest BCUT2D eigenvalue weighted by molar-refractivity contribution is 5.94. The molecule has 0 spiro atoms. The van der Waals surface area contributed by atoms with Crippen LogP contribution in [0.5, 0.6) is 0 Å². The van der Waals surface area contributed by atoms with Gasteiger partial charge in [-0.05, 0) is 24.3 Å². The van der Waals surface area contributed by atoms with E-state index < -0.39 is 36.6 Å². The molecular weight excluding hydrogens is 244 g/mol. The lowest BCUT2D eigenvalue weighted by molar-refractivity contribution is -0.145. The molecule has 0 radical (unpaired) electrons. The fourth-order valence-electron chi connectivity index (χ4n) is 1.79. The van der Waals surface area contributed by atoms with Crippen LogP contribution in [0.2, 0.25) is 0 Å². The first-order chi connectivity index (χ1) is 8.37. The summed E-state index contributed by atoms with van der Waals surface area (Å²) in [6.45, 7) is 0. The number of aromatic carboxylic acids is 1. The number of amides is 1. The molecule has 0 aromatic heterocycles.